The van der Waals surface area contributed by atoms with Gasteiger partial charge in [-0.3, -0.25) is 4.98 Å². The number of rotatable bonds is 7. The maximum absolute atomic E-state index is 11.9. The van der Waals surface area contributed by atoms with Gasteiger partial charge in [-0.15, -0.1) is 12.4 Å². The molecular weight excluding hydrogens is 514 g/mol. The van der Waals surface area contributed by atoms with E-state index in [9.17, 15) is 13.7 Å². The van der Waals surface area contributed by atoms with Gasteiger partial charge in [0.15, 0.2) is 9.84 Å². The van der Waals surface area contributed by atoms with Crippen LogP contribution in [-0.4, -0.2) is 45.2 Å². The van der Waals surface area contributed by atoms with Crippen LogP contribution >= 0.6 is 12.4 Å². The minimum atomic E-state index is -3.25. The Morgan fingerprint density at radius 1 is 1.03 bits per heavy atom. The molecule has 0 fully saturated rings. The van der Waals surface area contributed by atoms with Gasteiger partial charge in [0.1, 0.15) is 0 Å². The monoisotopic (exact) mass is 545 g/mol. The van der Waals surface area contributed by atoms with Crippen LogP contribution in [0.1, 0.15) is 30.5 Å². The normalized spacial score (nSPS) is 12.3. The summed E-state index contributed by atoms with van der Waals surface area (Å²) in [5, 5.41) is 10.8. The molecule has 196 valence electrons. The second kappa shape index (κ2) is 11.5. The maximum atomic E-state index is 11.9. The molecule has 1 heterocycles. The standard InChI is InChI=1S/C31H31N3O2S.ClH/c1-31(2,21-32)27-18-25-10-7-15-33-30(25)29(19-27)24-9-6-8-22(16-24)17-26(20-34(3)4)23-11-13-28(14-12-23)37(5,35)36;/h6-19H,20H2,1-5H3;1H/b26-17+;. The number of sulfone groups is 1. The van der Waals surface area contributed by atoms with Crippen molar-refractivity contribution >= 4 is 44.8 Å². The summed E-state index contributed by atoms with van der Waals surface area (Å²) in [7, 11) is 0.765. The zero-order chi connectivity index (χ0) is 26.8. The van der Waals surface area contributed by atoms with Crippen molar-refractivity contribution in [2.75, 3.05) is 26.9 Å². The molecule has 0 saturated heterocycles. The third kappa shape index (κ3) is 6.49. The summed E-state index contributed by atoms with van der Waals surface area (Å²) in [6.07, 6.45) is 5.15. The van der Waals surface area contributed by atoms with Crippen LogP contribution in [0.5, 0.6) is 0 Å². The van der Waals surface area contributed by atoms with E-state index in [1.165, 1.54) is 6.26 Å². The Kier molecular flexibility index (Phi) is 8.79. The average Bonchev–Trinajstić information content (AvgIpc) is 2.87. The second-order valence-electron chi connectivity index (χ2n) is 10.2. The van der Waals surface area contributed by atoms with Gasteiger partial charge in [0.25, 0.3) is 0 Å². The van der Waals surface area contributed by atoms with E-state index in [2.05, 4.69) is 46.3 Å². The Balaban J connectivity index is 0.00000400. The number of hydrogen-bond donors (Lipinski definition) is 0. The van der Waals surface area contributed by atoms with E-state index < -0.39 is 15.3 Å². The molecule has 38 heavy (non-hydrogen) atoms. The van der Waals surface area contributed by atoms with Crippen LogP contribution in [0.4, 0.5) is 0 Å². The number of halogens is 1. The third-order valence-corrected chi connectivity index (χ3v) is 7.51. The number of pyridine rings is 1. The minimum absolute atomic E-state index is 0. The average molecular weight is 546 g/mol. The van der Waals surface area contributed by atoms with Gasteiger partial charge in [-0.2, -0.15) is 5.26 Å². The predicted octanol–water partition coefficient (Wildman–Crippen LogP) is 6.63. The van der Waals surface area contributed by atoms with Crippen molar-refractivity contribution in [2.24, 2.45) is 0 Å². The highest BCUT2D eigenvalue weighted by Crippen LogP contribution is 2.34. The van der Waals surface area contributed by atoms with Crippen LogP contribution < -0.4 is 0 Å². The van der Waals surface area contributed by atoms with Gasteiger partial charge in [-0.1, -0.05) is 36.4 Å². The Labute approximate surface area is 231 Å². The highest BCUT2D eigenvalue weighted by Gasteiger charge is 2.22. The number of fused-ring (bicyclic) bond motifs is 1. The number of benzene rings is 3. The summed E-state index contributed by atoms with van der Waals surface area (Å²) >= 11 is 0. The highest BCUT2D eigenvalue weighted by atomic mass is 35.5. The lowest BCUT2D eigenvalue weighted by Crippen LogP contribution is -2.14. The van der Waals surface area contributed by atoms with Gasteiger partial charge in [0, 0.05) is 29.9 Å². The molecular formula is C31H32ClN3O2S. The SMILES string of the molecule is CN(C)C/C(=C\c1cccc(-c2cc(C(C)(C)C#N)cc3cccnc23)c1)c1ccc(S(C)(=O)=O)cc1.Cl. The molecule has 0 radical (unpaired) electrons. The van der Waals surface area contributed by atoms with E-state index in [0.29, 0.717) is 11.4 Å². The lowest BCUT2D eigenvalue weighted by Gasteiger charge is -2.19. The molecule has 5 nitrogen and oxygen atoms in total. The van der Waals surface area contributed by atoms with E-state index in [4.69, 9.17) is 0 Å². The number of likely N-dealkylation sites (N-methyl/N-ethyl adjacent to an activating group) is 1. The van der Waals surface area contributed by atoms with Crippen molar-refractivity contribution in [2.45, 2.75) is 24.2 Å². The summed E-state index contributed by atoms with van der Waals surface area (Å²) in [4.78, 5) is 7.05. The van der Waals surface area contributed by atoms with Gasteiger partial charge < -0.3 is 4.90 Å². The fourth-order valence-corrected chi connectivity index (χ4v) is 4.94. The number of hydrogen-bond acceptors (Lipinski definition) is 5. The molecule has 0 aliphatic carbocycles. The lowest BCUT2D eigenvalue weighted by molar-refractivity contribution is 0.463. The lowest BCUT2D eigenvalue weighted by atomic mass is 9.83. The van der Waals surface area contributed by atoms with Gasteiger partial charge in [0.05, 0.1) is 21.9 Å². The summed E-state index contributed by atoms with van der Waals surface area (Å²) in [6.45, 7) is 4.55. The third-order valence-electron chi connectivity index (χ3n) is 6.38. The van der Waals surface area contributed by atoms with Crippen molar-refractivity contribution in [1.82, 2.24) is 9.88 Å². The number of aromatic nitrogens is 1. The smallest absolute Gasteiger partial charge is 0.175 e. The zero-order valence-corrected chi connectivity index (χ0v) is 23.9. The molecule has 0 atom stereocenters. The van der Waals surface area contributed by atoms with Gasteiger partial charge in [-0.25, -0.2) is 8.42 Å². The molecule has 0 N–H and O–H groups in total. The molecule has 0 aliphatic heterocycles. The first-order valence-corrected chi connectivity index (χ1v) is 13.9. The Morgan fingerprint density at radius 2 is 1.74 bits per heavy atom. The molecule has 0 amide bonds. The Morgan fingerprint density at radius 3 is 2.37 bits per heavy atom. The molecule has 7 heteroatoms. The van der Waals surface area contributed by atoms with Crippen molar-refractivity contribution < 1.29 is 8.42 Å². The molecule has 0 spiro atoms. The summed E-state index contributed by atoms with van der Waals surface area (Å²) in [6, 6.07) is 25.8. The molecule has 3 aromatic carbocycles. The van der Waals surface area contributed by atoms with E-state index >= 15 is 0 Å². The molecule has 0 unspecified atom stereocenters. The van der Waals surface area contributed by atoms with Crippen LogP contribution in [0.15, 0.2) is 83.9 Å². The topological polar surface area (TPSA) is 74.1 Å². The van der Waals surface area contributed by atoms with Crippen LogP contribution in [0, 0.1) is 11.3 Å². The van der Waals surface area contributed by atoms with Gasteiger partial charge >= 0.3 is 0 Å². The molecule has 0 aliphatic rings. The fraction of sp³-hybridized carbons (Fsp3) is 0.226. The quantitative estimate of drug-likeness (QED) is 0.244. The number of nitriles is 1. The fourth-order valence-electron chi connectivity index (χ4n) is 4.31. The largest absolute Gasteiger partial charge is 0.305 e. The van der Waals surface area contributed by atoms with Gasteiger partial charge in [-0.05, 0) is 98.2 Å². The first-order valence-electron chi connectivity index (χ1n) is 12.0. The van der Waals surface area contributed by atoms with Crippen molar-refractivity contribution in [1.29, 1.82) is 5.26 Å². The van der Waals surface area contributed by atoms with Crippen molar-refractivity contribution in [3.05, 3.63) is 95.7 Å². The van der Waals surface area contributed by atoms with E-state index in [1.807, 2.05) is 64.3 Å². The Bertz CT molecular complexity index is 1630. The summed E-state index contributed by atoms with van der Waals surface area (Å²) in [5.41, 5.74) is 6.28. The molecule has 4 aromatic rings. The van der Waals surface area contributed by atoms with Gasteiger partial charge in [0.2, 0.25) is 0 Å². The van der Waals surface area contributed by atoms with Crippen LogP contribution in [-0.2, 0) is 15.3 Å². The van der Waals surface area contributed by atoms with Crippen LogP contribution in [0.3, 0.4) is 0 Å². The first kappa shape index (κ1) is 29.1. The summed E-state index contributed by atoms with van der Waals surface area (Å²) < 4.78 is 23.8. The van der Waals surface area contributed by atoms with Crippen molar-refractivity contribution in [3.63, 3.8) is 0 Å². The summed E-state index contributed by atoms with van der Waals surface area (Å²) in [5.74, 6) is 0. The molecule has 0 bridgehead atoms. The number of nitrogens with zero attached hydrogens (tertiary/aromatic N) is 3. The Hall–Kier alpha value is -3.50. The van der Waals surface area contributed by atoms with E-state index in [-0.39, 0.29) is 12.4 Å². The van der Waals surface area contributed by atoms with Crippen LogP contribution in [0.2, 0.25) is 0 Å². The first-order chi connectivity index (χ1) is 17.5. The van der Waals surface area contributed by atoms with E-state index in [0.717, 1.165) is 44.3 Å². The molecule has 4 rings (SSSR count). The minimum Gasteiger partial charge on any atom is -0.305 e. The second-order valence-corrected chi connectivity index (χ2v) is 12.2. The van der Waals surface area contributed by atoms with E-state index in [1.54, 1.807) is 18.3 Å². The highest BCUT2D eigenvalue weighted by molar-refractivity contribution is 7.90. The zero-order valence-electron chi connectivity index (χ0n) is 22.3. The van der Waals surface area contributed by atoms with Crippen molar-refractivity contribution in [3.8, 4) is 17.2 Å². The molecule has 0 saturated carbocycles. The molecule has 1 aromatic heterocycles. The maximum Gasteiger partial charge on any atom is 0.175 e. The predicted molar refractivity (Wildman–Crippen MR) is 159 cm³/mol. The van der Waals surface area contributed by atoms with Crippen LogP contribution in [0.25, 0.3) is 33.7 Å².